The molecule has 1 heterocycles. The molecule has 2 atom stereocenters. The predicted octanol–water partition coefficient (Wildman–Crippen LogP) is 1.13. The van der Waals surface area contributed by atoms with Crippen LogP contribution in [0.5, 0.6) is 0 Å². The summed E-state index contributed by atoms with van der Waals surface area (Å²) in [6.45, 7) is 0. The quantitative estimate of drug-likeness (QED) is 0.485. The van der Waals surface area contributed by atoms with E-state index in [1.165, 1.54) is 0 Å². The monoisotopic (exact) mass is 192 g/mol. The average Bonchev–Trinajstić information content (AvgIpc) is 2.34. The second-order valence-corrected chi connectivity index (χ2v) is 2.81. The Kier molecular flexibility index (Phi) is 2.66. The number of carbonyl (C=O) groups excluding carboxylic acids is 1. The normalized spacial score (nSPS) is 34.8. The van der Waals surface area contributed by atoms with Gasteiger partial charge in [-0.15, -0.1) is 0 Å². The second-order valence-electron chi connectivity index (χ2n) is 2.16. The van der Waals surface area contributed by atoms with E-state index in [0.717, 1.165) is 24.5 Å². The lowest BCUT2D eigenvalue weighted by molar-refractivity contribution is -0.116. The number of aldehydes is 1. The summed E-state index contributed by atoms with van der Waals surface area (Å²) in [6.07, 6.45) is 2.91. The van der Waals surface area contributed by atoms with Gasteiger partial charge in [0, 0.05) is 5.33 Å². The van der Waals surface area contributed by atoms with Crippen molar-refractivity contribution in [3.63, 3.8) is 0 Å². The third-order valence-corrected chi connectivity index (χ3v) is 2.19. The zero-order valence-corrected chi connectivity index (χ0v) is 6.63. The van der Waals surface area contributed by atoms with Crippen molar-refractivity contribution < 1.29 is 9.53 Å². The van der Waals surface area contributed by atoms with Crippen molar-refractivity contribution in [2.24, 2.45) is 0 Å². The first-order chi connectivity index (χ1) is 4.36. The minimum atomic E-state index is -0.132. The van der Waals surface area contributed by atoms with Crippen molar-refractivity contribution >= 4 is 22.2 Å². The molecule has 0 N–H and O–H groups in total. The smallest absolute Gasteiger partial charge is 0.148 e. The summed E-state index contributed by atoms with van der Waals surface area (Å²) in [7, 11) is 0. The molecule has 0 aliphatic carbocycles. The summed E-state index contributed by atoms with van der Waals surface area (Å²) >= 11 is 3.29. The molecular weight excluding hydrogens is 184 g/mol. The Bertz CT molecular complexity index is 105. The van der Waals surface area contributed by atoms with Gasteiger partial charge >= 0.3 is 0 Å². The fraction of sp³-hybridized carbons (Fsp3) is 0.833. The molecule has 1 aliphatic rings. The van der Waals surface area contributed by atoms with Crippen LogP contribution in [0.15, 0.2) is 0 Å². The topological polar surface area (TPSA) is 26.3 Å². The summed E-state index contributed by atoms with van der Waals surface area (Å²) in [5, 5.41) is 0.845. The lowest BCUT2D eigenvalue weighted by atomic mass is 10.2. The fourth-order valence-electron chi connectivity index (χ4n) is 0.947. The summed E-state index contributed by atoms with van der Waals surface area (Å²) < 4.78 is 5.24. The Hall–Kier alpha value is 0.110. The Morgan fingerprint density at radius 1 is 1.67 bits per heavy atom. The zero-order valence-electron chi connectivity index (χ0n) is 5.05. The Morgan fingerprint density at radius 3 is 2.78 bits per heavy atom. The van der Waals surface area contributed by atoms with Crippen molar-refractivity contribution in [2.75, 3.05) is 5.33 Å². The summed E-state index contributed by atoms with van der Waals surface area (Å²) in [4.78, 5) is 10.1. The van der Waals surface area contributed by atoms with Gasteiger partial charge in [-0.3, -0.25) is 0 Å². The molecule has 2 nitrogen and oxygen atoms in total. The number of carbonyl (C=O) groups is 1. The van der Waals surface area contributed by atoms with Gasteiger partial charge in [0.2, 0.25) is 0 Å². The minimum Gasteiger partial charge on any atom is -0.367 e. The summed E-state index contributed by atoms with van der Waals surface area (Å²) in [5.74, 6) is 0. The molecule has 0 amide bonds. The summed E-state index contributed by atoms with van der Waals surface area (Å²) in [5.41, 5.74) is 0. The van der Waals surface area contributed by atoms with Crippen LogP contribution < -0.4 is 0 Å². The molecule has 0 aromatic carbocycles. The standard InChI is InChI=1S/C6H9BrO2/c7-3-5-1-2-6(4-8)9-5/h4-6H,1-3H2. The minimum absolute atomic E-state index is 0.132. The largest absolute Gasteiger partial charge is 0.367 e. The van der Waals surface area contributed by atoms with Crippen LogP contribution >= 0.6 is 15.9 Å². The van der Waals surface area contributed by atoms with E-state index < -0.39 is 0 Å². The van der Waals surface area contributed by atoms with Crippen molar-refractivity contribution in [3.8, 4) is 0 Å². The second kappa shape index (κ2) is 3.32. The van der Waals surface area contributed by atoms with Gasteiger partial charge in [0.05, 0.1) is 6.10 Å². The molecule has 0 aromatic heterocycles. The van der Waals surface area contributed by atoms with E-state index in [0.29, 0.717) is 0 Å². The molecular formula is C6H9BrO2. The van der Waals surface area contributed by atoms with Crippen LogP contribution in [0.3, 0.4) is 0 Å². The maximum Gasteiger partial charge on any atom is 0.148 e. The average molecular weight is 193 g/mol. The Balaban J connectivity index is 2.28. The molecule has 1 fully saturated rings. The molecule has 1 aliphatic heterocycles. The highest BCUT2D eigenvalue weighted by Gasteiger charge is 2.23. The van der Waals surface area contributed by atoms with Crippen LogP contribution in [0.25, 0.3) is 0 Å². The van der Waals surface area contributed by atoms with Gasteiger partial charge in [0.1, 0.15) is 12.4 Å². The highest BCUT2D eigenvalue weighted by molar-refractivity contribution is 9.09. The first-order valence-electron chi connectivity index (χ1n) is 3.03. The van der Waals surface area contributed by atoms with Crippen molar-refractivity contribution in [3.05, 3.63) is 0 Å². The highest BCUT2D eigenvalue weighted by Crippen LogP contribution is 2.19. The van der Waals surface area contributed by atoms with Crippen molar-refractivity contribution in [1.29, 1.82) is 0 Å². The molecule has 0 radical (unpaired) electrons. The lowest BCUT2D eigenvalue weighted by Gasteiger charge is -2.04. The van der Waals surface area contributed by atoms with Crippen LogP contribution in [0.1, 0.15) is 12.8 Å². The molecule has 1 saturated heterocycles. The van der Waals surface area contributed by atoms with Gasteiger partial charge in [-0.2, -0.15) is 0 Å². The van der Waals surface area contributed by atoms with Crippen LogP contribution in [0.2, 0.25) is 0 Å². The molecule has 0 bridgehead atoms. The van der Waals surface area contributed by atoms with Crippen LogP contribution in [0.4, 0.5) is 0 Å². The number of hydrogen-bond donors (Lipinski definition) is 0. The molecule has 0 aromatic rings. The molecule has 3 heteroatoms. The SMILES string of the molecule is O=CC1CCC(CBr)O1. The van der Waals surface area contributed by atoms with E-state index in [9.17, 15) is 4.79 Å². The van der Waals surface area contributed by atoms with E-state index in [4.69, 9.17) is 4.74 Å². The number of rotatable bonds is 2. The molecule has 2 unspecified atom stereocenters. The highest BCUT2D eigenvalue weighted by atomic mass is 79.9. The first-order valence-corrected chi connectivity index (χ1v) is 4.15. The third kappa shape index (κ3) is 1.76. The van der Waals surface area contributed by atoms with Gasteiger partial charge in [0.15, 0.2) is 0 Å². The van der Waals surface area contributed by atoms with Gasteiger partial charge in [-0.05, 0) is 12.8 Å². The zero-order chi connectivity index (χ0) is 6.69. The third-order valence-electron chi connectivity index (χ3n) is 1.46. The molecule has 0 spiro atoms. The first kappa shape index (κ1) is 7.22. The number of hydrogen-bond acceptors (Lipinski definition) is 2. The molecule has 0 saturated carbocycles. The van der Waals surface area contributed by atoms with Gasteiger partial charge in [-0.1, -0.05) is 15.9 Å². The van der Waals surface area contributed by atoms with Crippen LogP contribution in [0, 0.1) is 0 Å². The van der Waals surface area contributed by atoms with Gasteiger partial charge in [0.25, 0.3) is 0 Å². The number of ether oxygens (including phenoxy) is 1. The number of halogens is 1. The van der Waals surface area contributed by atoms with E-state index in [2.05, 4.69) is 15.9 Å². The van der Waals surface area contributed by atoms with Crippen molar-refractivity contribution in [2.45, 2.75) is 25.0 Å². The van der Waals surface area contributed by atoms with E-state index in [-0.39, 0.29) is 12.2 Å². The fourth-order valence-corrected chi connectivity index (χ4v) is 1.42. The van der Waals surface area contributed by atoms with E-state index >= 15 is 0 Å². The maximum atomic E-state index is 10.1. The molecule has 1 rings (SSSR count). The molecule has 52 valence electrons. The summed E-state index contributed by atoms with van der Waals surface area (Å²) in [6, 6.07) is 0. The lowest BCUT2D eigenvalue weighted by Crippen LogP contribution is -2.12. The van der Waals surface area contributed by atoms with Gasteiger partial charge < -0.3 is 9.53 Å². The van der Waals surface area contributed by atoms with Crippen LogP contribution in [-0.4, -0.2) is 23.8 Å². The maximum absolute atomic E-state index is 10.1. The predicted molar refractivity (Wildman–Crippen MR) is 37.8 cm³/mol. The molecule has 9 heavy (non-hydrogen) atoms. The Labute approximate surface area is 62.7 Å². The van der Waals surface area contributed by atoms with Crippen LogP contribution in [-0.2, 0) is 9.53 Å². The van der Waals surface area contributed by atoms with E-state index in [1.807, 2.05) is 0 Å². The number of alkyl halides is 1. The Morgan fingerprint density at radius 2 is 2.44 bits per heavy atom. The van der Waals surface area contributed by atoms with Gasteiger partial charge in [-0.25, -0.2) is 0 Å². The van der Waals surface area contributed by atoms with E-state index in [1.54, 1.807) is 0 Å². The van der Waals surface area contributed by atoms with Crippen molar-refractivity contribution in [1.82, 2.24) is 0 Å².